The van der Waals surface area contributed by atoms with Gasteiger partial charge in [0.2, 0.25) is 0 Å². The van der Waals surface area contributed by atoms with Crippen molar-refractivity contribution in [3.05, 3.63) is 0 Å². The predicted molar refractivity (Wildman–Crippen MR) is 61.2 cm³/mol. The van der Waals surface area contributed by atoms with E-state index in [0.29, 0.717) is 6.04 Å². The van der Waals surface area contributed by atoms with Gasteiger partial charge in [-0.2, -0.15) is 0 Å². The number of morpholine rings is 1. The van der Waals surface area contributed by atoms with Crippen LogP contribution in [0.4, 0.5) is 0 Å². The molecular weight excluding hydrogens is 190 g/mol. The summed E-state index contributed by atoms with van der Waals surface area (Å²) in [6.07, 6.45) is 0. The van der Waals surface area contributed by atoms with Crippen LogP contribution in [0.5, 0.6) is 0 Å². The molecule has 0 amide bonds. The van der Waals surface area contributed by atoms with Crippen molar-refractivity contribution >= 4 is 0 Å². The summed E-state index contributed by atoms with van der Waals surface area (Å²) in [7, 11) is 0. The van der Waals surface area contributed by atoms with E-state index in [1.807, 2.05) is 0 Å². The van der Waals surface area contributed by atoms with E-state index in [1.54, 1.807) is 0 Å². The Kier molecular flexibility index (Phi) is 4.38. The summed E-state index contributed by atoms with van der Waals surface area (Å²) in [6.45, 7) is 12.2. The smallest absolute Gasteiger partial charge is 0.0634 e. The normalized spacial score (nSPS) is 30.6. The largest absolute Gasteiger partial charge is 0.378 e. The molecule has 0 saturated carbocycles. The highest BCUT2D eigenvalue weighted by molar-refractivity contribution is 4.80. The lowest BCUT2D eigenvalue weighted by Gasteiger charge is -2.39. The van der Waals surface area contributed by atoms with Gasteiger partial charge in [-0.15, -0.1) is 0 Å². The first-order chi connectivity index (χ1) is 7.40. The number of nitrogens with one attached hydrogen (secondary N) is 1. The zero-order valence-electron chi connectivity index (χ0n) is 9.74. The zero-order valence-corrected chi connectivity index (χ0v) is 9.74. The van der Waals surface area contributed by atoms with Crippen LogP contribution in [0.25, 0.3) is 0 Å². The van der Waals surface area contributed by atoms with Crippen molar-refractivity contribution < 1.29 is 4.74 Å². The summed E-state index contributed by atoms with van der Waals surface area (Å²) < 4.78 is 5.57. The van der Waals surface area contributed by atoms with E-state index in [9.17, 15) is 0 Å². The fourth-order valence-corrected chi connectivity index (χ4v) is 2.47. The lowest BCUT2D eigenvalue weighted by molar-refractivity contribution is -0.0185. The van der Waals surface area contributed by atoms with Crippen LogP contribution in [-0.4, -0.2) is 74.9 Å². The highest BCUT2D eigenvalue weighted by atomic mass is 16.5. The van der Waals surface area contributed by atoms with Gasteiger partial charge < -0.3 is 10.1 Å². The van der Waals surface area contributed by atoms with Crippen LogP contribution in [0.3, 0.4) is 0 Å². The van der Waals surface area contributed by atoms with Crippen molar-refractivity contribution in [1.82, 2.24) is 15.1 Å². The number of hydrogen-bond acceptors (Lipinski definition) is 4. The third kappa shape index (κ3) is 3.14. The standard InChI is InChI=1S/C11H23N3O/c1-2-14-7-8-15-10-11(14)9-13-5-3-12-4-6-13/h11-12H,2-10H2,1H3/t11-/m1/s1. The Morgan fingerprint density at radius 1 is 1.27 bits per heavy atom. The van der Waals surface area contributed by atoms with Crippen molar-refractivity contribution in [3.63, 3.8) is 0 Å². The van der Waals surface area contributed by atoms with Crippen molar-refractivity contribution in [2.45, 2.75) is 13.0 Å². The SMILES string of the molecule is CCN1CCOC[C@H]1CN1CCNCC1. The van der Waals surface area contributed by atoms with Gasteiger partial charge in [-0.3, -0.25) is 9.80 Å². The Hall–Kier alpha value is -0.160. The molecule has 2 saturated heterocycles. The van der Waals surface area contributed by atoms with E-state index in [2.05, 4.69) is 22.0 Å². The van der Waals surface area contributed by atoms with Crippen molar-refractivity contribution in [2.75, 3.05) is 59.0 Å². The predicted octanol–water partition coefficient (Wildman–Crippen LogP) is -0.388. The molecule has 0 aliphatic carbocycles. The van der Waals surface area contributed by atoms with Crippen molar-refractivity contribution in [2.24, 2.45) is 0 Å². The molecular formula is C11H23N3O. The van der Waals surface area contributed by atoms with E-state index in [0.717, 1.165) is 39.4 Å². The number of piperazine rings is 1. The van der Waals surface area contributed by atoms with Gasteiger partial charge in [0.15, 0.2) is 0 Å². The van der Waals surface area contributed by atoms with Crippen LogP contribution in [0.2, 0.25) is 0 Å². The maximum Gasteiger partial charge on any atom is 0.0634 e. The van der Waals surface area contributed by atoms with Crippen LogP contribution in [0, 0.1) is 0 Å². The minimum atomic E-state index is 0.613. The van der Waals surface area contributed by atoms with Gasteiger partial charge >= 0.3 is 0 Å². The van der Waals surface area contributed by atoms with Crippen molar-refractivity contribution in [3.8, 4) is 0 Å². The molecule has 4 nitrogen and oxygen atoms in total. The third-order valence-electron chi connectivity index (χ3n) is 3.43. The number of ether oxygens (including phenoxy) is 1. The van der Waals surface area contributed by atoms with Crippen LogP contribution < -0.4 is 5.32 Å². The molecule has 0 aromatic heterocycles. The molecule has 2 aliphatic rings. The molecule has 0 radical (unpaired) electrons. The fraction of sp³-hybridized carbons (Fsp3) is 1.00. The monoisotopic (exact) mass is 213 g/mol. The van der Waals surface area contributed by atoms with E-state index in [4.69, 9.17) is 4.74 Å². The highest BCUT2D eigenvalue weighted by Gasteiger charge is 2.24. The molecule has 1 N–H and O–H groups in total. The van der Waals surface area contributed by atoms with Crippen LogP contribution >= 0.6 is 0 Å². The molecule has 2 fully saturated rings. The van der Waals surface area contributed by atoms with Crippen LogP contribution in [-0.2, 0) is 4.74 Å². The number of rotatable bonds is 3. The Balaban J connectivity index is 1.79. The minimum absolute atomic E-state index is 0.613. The Morgan fingerprint density at radius 2 is 2.07 bits per heavy atom. The lowest BCUT2D eigenvalue weighted by Crippen LogP contribution is -2.54. The topological polar surface area (TPSA) is 27.7 Å². The first kappa shape index (κ1) is 11.3. The first-order valence-corrected chi connectivity index (χ1v) is 6.15. The van der Waals surface area contributed by atoms with Gasteiger partial charge in [-0.1, -0.05) is 6.92 Å². The molecule has 1 atom stereocenters. The molecule has 15 heavy (non-hydrogen) atoms. The molecule has 0 aromatic rings. The highest BCUT2D eigenvalue weighted by Crippen LogP contribution is 2.08. The Bertz CT molecular complexity index is 183. The average Bonchev–Trinajstić information content (AvgIpc) is 2.31. The summed E-state index contributed by atoms with van der Waals surface area (Å²) in [5.74, 6) is 0. The second kappa shape index (κ2) is 5.80. The minimum Gasteiger partial charge on any atom is -0.378 e. The summed E-state index contributed by atoms with van der Waals surface area (Å²) >= 11 is 0. The molecule has 4 heteroatoms. The second-order valence-corrected chi connectivity index (χ2v) is 4.41. The van der Waals surface area contributed by atoms with Gasteiger partial charge in [-0.25, -0.2) is 0 Å². The molecule has 2 heterocycles. The molecule has 0 aromatic carbocycles. The van der Waals surface area contributed by atoms with Gasteiger partial charge in [-0.05, 0) is 6.54 Å². The molecule has 2 aliphatic heterocycles. The molecule has 2 rings (SSSR count). The van der Waals surface area contributed by atoms with Crippen LogP contribution in [0.15, 0.2) is 0 Å². The van der Waals surface area contributed by atoms with Gasteiger partial charge in [0.05, 0.1) is 13.2 Å². The summed E-state index contributed by atoms with van der Waals surface area (Å²) in [5.41, 5.74) is 0. The van der Waals surface area contributed by atoms with Gasteiger partial charge in [0.25, 0.3) is 0 Å². The van der Waals surface area contributed by atoms with E-state index >= 15 is 0 Å². The lowest BCUT2D eigenvalue weighted by atomic mass is 10.2. The number of hydrogen-bond donors (Lipinski definition) is 1. The zero-order chi connectivity index (χ0) is 10.5. The van der Waals surface area contributed by atoms with E-state index in [1.165, 1.54) is 19.6 Å². The summed E-state index contributed by atoms with van der Waals surface area (Å²) in [4.78, 5) is 5.10. The molecule has 0 spiro atoms. The fourth-order valence-electron chi connectivity index (χ4n) is 2.47. The second-order valence-electron chi connectivity index (χ2n) is 4.41. The maximum atomic E-state index is 5.57. The summed E-state index contributed by atoms with van der Waals surface area (Å²) in [6, 6.07) is 0.613. The Morgan fingerprint density at radius 3 is 2.80 bits per heavy atom. The van der Waals surface area contributed by atoms with Crippen LogP contribution in [0.1, 0.15) is 6.92 Å². The number of nitrogens with zero attached hydrogens (tertiary/aromatic N) is 2. The molecule has 0 bridgehead atoms. The van der Waals surface area contributed by atoms with E-state index < -0.39 is 0 Å². The Labute approximate surface area is 92.6 Å². The first-order valence-electron chi connectivity index (χ1n) is 6.15. The number of likely N-dealkylation sites (N-methyl/N-ethyl adjacent to an activating group) is 1. The van der Waals surface area contributed by atoms with Gasteiger partial charge in [0, 0.05) is 45.3 Å². The average molecular weight is 213 g/mol. The quantitative estimate of drug-likeness (QED) is 0.691. The molecule has 0 unspecified atom stereocenters. The van der Waals surface area contributed by atoms with E-state index in [-0.39, 0.29) is 0 Å². The third-order valence-corrected chi connectivity index (χ3v) is 3.43. The maximum absolute atomic E-state index is 5.57. The molecule has 88 valence electrons. The van der Waals surface area contributed by atoms with Gasteiger partial charge in [0.1, 0.15) is 0 Å². The summed E-state index contributed by atoms with van der Waals surface area (Å²) in [5, 5.41) is 3.39. The van der Waals surface area contributed by atoms with Crippen molar-refractivity contribution in [1.29, 1.82) is 0 Å².